The fraction of sp³-hybridized carbons (Fsp3) is 0.243. The molecule has 0 spiro atoms. The summed E-state index contributed by atoms with van der Waals surface area (Å²) >= 11 is 0. The maximum Gasteiger partial charge on any atom is 0.255 e. The normalized spacial score (nSPS) is 11.6. The number of carbonyl (C=O) groups is 2. The van der Waals surface area contributed by atoms with Crippen molar-refractivity contribution in [2.45, 2.75) is 33.2 Å². The highest BCUT2D eigenvalue weighted by molar-refractivity contribution is 7.92. The second-order valence-electron chi connectivity index (χ2n) is 12.3. The topological polar surface area (TPSA) is 127 Å². The third-order valence-electron chi connectivity index (χ3n) is 7.55. The van der Waals surface area contributed by atoms with Gasteiger partial charge in [-0.2, -0.15) is 0 Å². The average molecular weight is 670 g/mol. The molecule has 0 saturated carbocycles. The summed E-state index contributed by atoms with van der Waals surface area (Å²) in [5.74, 6) is 1.59. The van der Waals surface area contributed by atoms with E-state index in [1.165, 1.54) is 11.4 Å². The highest BCUT2D eigenvalue weighted by Gasteiger charge is 2.27. The van der Waals surface area contributed by atoms with Gasteiger partial charge in [0.05, 0.1) is 24.6 Å². The smallest absolute Gasteiger partial charge is 0.255 e. The van der Waals surface area contributed by atoms with Gasteiger partial charge in [0.25, 0.3) is 11.8 Å². The summed E-state index contributed by atoms with van der Waals surface area (Å²) in [4.78, 5) is 26.5. The number of benzene rings is 4. The Hall–Kier alpha value is -5.29. The number of anilines is 1. The molecule has 0 aliphatic carbocycles. The minimum Gasteiger partial charge on any atom is -0.497 e. The van der Waals surface area contributed by atoms with Gasteiger partial charge in [0.1, 0.15) is 28.6 Å². The van der Waals surface area contributed by atoms with Crippen LogP contribution < -0.4 is 24.4 Å². The zero-order chi connectivity index (χ0) is 34.8. The maximum atomic E-state index is 13.4. The molecule has 0 bridgehead atoms. The second kappa shape index (κ2) is 13.4. The van der Waals surface area contributed by atoms with E-state index < -0.39 is 15.6 Å². The first-order valence-corrected chi connectivity index (χ1v) is 17.2. The largest absolute Gasteiger partial charge is 0.497 e. The van der Waals surface area contributed by atoms with Gasteiger partial charge in [-0.25, -0.2) is 8.42 Å². The Morgan fingerprint density at radius 1 is 0.854 bits per heavy atom. The number of fused-ring (bicyclic) bond motifs is 1. The zero-order valence-corrected chi connectivity index (χ0v) is 28.8. The molecular formula is C37H39N3O7S. The SMILES string of the molecule is CCN(c1cc2oc(-c3ccc(Oc4ccc(OC)cc4)cc3)c(C(=O)NC)c2cc1-c1cccc(C(=O)NC(C)(C)C)c1)S(C)(=O)=O. The van der Waals surface area contributed by atoms with Crippen molar-refractivity contribution in [3.8, 4) is 39.7 Å². The van der Waals surface area contributed by atoms with E-state index in [1.807, 2.05) is 20.8 Å². The Morgan fingerprint density at radius 3 is 2.04 bits per heavy atom. The van der Waals surface area contributed by atoms with Gasteiger partial charge < -0.3 is 24.5 Å². The summed E-state index contributed by atoms with van der Waals surface area (Å²) in [6, 6.07) is 24.7. The van der Waals surface area contributed by atoms with Crippen LogP contribution in [0.4, 0.5) is 5.69 Å². The van der Waals surface area contributed by atoms with Crippen molar-refractivity contribution in [2.24, 2.45) is 0 Å². The van der Waals surface area contributed by atoms with E-state index >= 15 is 0 Å². The molecule has 10 nitrogen and oxygen atoms in total. The molecule has 4 aromatic carbocycles. The molecule has 0 fully saturated rings. The summed E-state index contributed by atoms with van der Waals surface area (Å²) in [5, 5.41) is 6.15. The Labute approximate surface area is 280 Å². The van der Waals surface area contributed by atoms with Crippen molar-refractivity contribution in [3.05, 3.63) is 96.1 Å². The summed E-state index contributed by atoms with van der Waals surface area (Å²) in [7, 11) is -0.587. The summed E-state index contributed by atoms with van der Waals surface area (Å²) < 4.78 is 44.8. The molecule has 0 aliphatic rings. The molecule has 11 heteroatoms. The van der Waals surface area contributed by atoms with E-state index in [-0.39, 0.29) is 23.9 Å². The zero-order valence-electron chi connectivity index (χ0n) is 28.0. The maximum absolute atomic E-state index is 13.4. The number of ether oxygens (including phenoxy) is 2. The molecule has 0 unspecified atom stereocenters. The third kappa shape index (κ3) is 7.31. The lowest BCUT2D eigenvalue weighted by molar-refractivity contribution is 0.0918. The number of sulfonamides is 1. The van der Waals surface area contributed by atoms with Gasteiger partial charge in [-0.05, 0) is 100.0 Å². The van der Waals surface area contributed by atoms with Crippen molar-refractivity contribution in [1.29, 1.82) is 0 Å². The number of nitrogens with zero attached hydrogens (tertiary/aromatic N) is 1. The van der Waals surface area contributed by atoms with Crippen LogP contribution in [0.3, 0.4) is 0 Å². The molecular weight excluding hydrogens is 630 g/mol. The van der Waals surface area contributed by atoms with Crippen molar-refractivity contribution >= 4 is 38.5 Å². The molecule has 2 amide bonds. The van der Waals surface area contributed by atoms with Crippen LogP contribution in [0.25, 0.3) is 33.4 Å². The lowest BCUT2D eigenvalue weighted by Crippen LogP contribution is -2.40. The number of hydrogen-bond acceptors (Lipinski definition) is 7. The molecule has 0 atom stereocenters. The quantitative estimate of drug-likeness (QED) is 0.161. The molecule has 5 rings (SSSR count). The number of amides is 2. The fourth-order valence-electron chi connectivity index (χ4n) is 5.40. The van der Waals surface area contributed by atoms with Crippen LogP contribution in [0.2, 0.25) is 0 Å². The molecule has 2 N–H and O–H groups in total. The Balaban J connectivity index is 1.66. The van der Waals surface area contributed by atoms with Crippen LogP contribution in [0, 0.1) is 0 Å². The van der Waals surface area contributed by atoms with E-state index in [2.05, 4.69) is 10.6 Å². The summed E-state index contributed by atoms with van der Waals surface area (Å²) in [6.45, 7) is 7.56. The number of methoxy groups -OCH3 is 1. The lowest BCUT2D eigenvalue weighted by atomic mass is 9.97. The van der Waals surface area contributed by atoms with Gasteiger partial charge in [0, 0.05) is 47.3 Å². The van der Waals surface area contributed by atoms with E-state index in [9.17, 15) is 18.0 Å². The van der Waals surface area contributed by atoms with Crippen LogP contribution >= 0.6 is 0 Å². The minimum atomic E-state index is -3.72. The van der Waals surface area contributed by atoms with Gasteiger partial charge in [-0.3, -0.25) is 13.9 Å². The predicted molar refractivity (Wildman–Crippen MR) is 189 cm³/mol. The van der Waals surface area contributed by atoms with Crippen LogP contribution in [-0.4, -0.2) is 52.7 Å². The van der Waals surface area contributed by atoms with Gasteiger partial charge in [-0.15, -0.1) is 0 Å². The highest BCUT2D eigenvalue weighted by atomic mass is 32.2. The molecule has 0 radical (unpaired) electrons. The number of furan rings is 1. The predicted octanol–water partition coefficient (Wildman–Crippen LogP) is 7.24. The monoisotopic (exact) mass is 669 g/mol. The Bertz CT molecular complexity index is 2080. The van der Waals surface area contributed by atoms with Crippen LogP contribution in [-0.2, 0) is 10.0 Å². The van der Waals surface area contributed by atoms with Gasteiger partial charge in [-0.1, -0.05) is 12.1 Å². The standard InChI is InChI=1S/C37H39N3O7S/c1-8-40(48(7,43)44)31-22-32-30(21-29(31)24-10-9-11-25(20-24)35(41)39-37(2,3)4)33(36(42)38-5)34(47-32)23-12-14-27(15-13-23)46-28-18-16-26(45-6)17-19-28/h9-22H,8H2,1-7H3,(H,38,42)(H,39,41). The minimum absolute atomic E-state index is 0.146. The van der Waals surface area contributed by atoms with Crippen LogP contribution in [0.5, 0.6) is 17.2 Å². The number of rotatable bonds is 10. The van der Waals surface area contributed by atoms with E-state index in [0.717, 1.165) is 6.26 Å². The van der Waals surface area contributed by atoms with Crippen molar-refractivity contribution in [3.63, 3.8) is 0 Å². The lowest BCUT2D eigenvalue weighted by Gasteiger charge is -2.24. The first-order chi connectivity index (χ1) is 22.7. The van der Waals surface area contributed by atoms with Crippen molar-refractivity contribution in [2.75, 3.05) is 31.3 Å². The van der Waals surface area contributed by atoms with Gasteiger partial charge in [0.2, 0.25) is 10.0 Å². The van der Waals surface area contributed by atoms with Gasteiger partial charge in [0.15, 0.2) is 0 Å². The van der Waals surface area contributed by atoms with Crippen molar-refractivity contribution < 1.29 is 31.9 Å². The molecule has 48 heavy (non-hydrogen) atoms. The number of hydrogen-bond donors (Lipinski definition) is 2. The summed E-state index contributed by atoms with van der Waals surface area (Å²) in [6.07, 6.45) is 1.14. The Kier molecular flexibility index (Phi) is 9.54. The Morgan fingerprint density at radius 2 is 1.48 bits per heavy atom. The average Bonchev–Trinajstić information content (AvgIpc) is 3.42. The number of nitrogens with one attached hydrogen (secondary N) is 2. The molecule has 1 heterocycles. The van der Waals surface area contributed by atoms with E-state index in [1.54, 1.807) is 99.0 Å². The fourth-order valence-corrected chi connectivity index (χ4v) is 6.38. The van der Waals surface area contributed by atoms with Crippen LogP contribution in [0.15, 0.2) is 89.3 Å². The van der Waals surface area contributed by atoms with E-state index in [4.69, 9.17) is 13.9 Å². The molecule has 5 aromatic rings. The molecule has 0 aliphatic heterocycles. The second-order valence-corrected chi connectivity index (χ2v) is 14.2. The molecule has 0 saturated heterocycles. The number of carbonyl (C=O) groups excluding carboxylic acids is 2. The van der Waals surface area contributed by atoms with Gasteiger partial charge >= 0.3 is 0 Å². The van der Waals surface area contributed by atoms with E-state index in [0.29, 0.717) is 61.9 Å². The first-order valence-electron chi connectivity index (χ1n) is 15.4. The first kappa shape index (κ1) is 34.1. The molecule has 1 aromatic heterocycles. The highest BCUT2D eigenvalue weighted by Crippen LogP contribution is 2.42. The third-order valence-corrected chi connectivity index (χ3v) is 8.81. The molecule has 250 valence electrons. The van der Waals surface area contributed by atoms with Crippen molar-refractivity contribution in [1.82, 2.24) is 10.6 Å². The summed E-state index contributed by atoms with van der Waals surface area (Å²) in [5.41, 5.74) is 2.65. The van der Waals surface area contributed by atoms with Crippen LogP contribution in [0.1, 0.15) is 48.4 Å².